The summed E-state index contributed by atoms with van der Waals surface area (Å²) in [5.74, 6) is 0. The van der Waals surface area contributed by atoms with Crippen LogP contribution >= 0.6 is 181 Å². The molecule has 0 aliphatic heterocycles. The summed E-state index contributed by atoms with van der Waals surface area (Å²) >= 11 is 31.6. The second kappa shape index (κ2) is 33.3. The van der Waals surface area contributed by atoms with Gasteiger partial charge in [-0.15, -0.1) is 181 Å². The van der Waals surface area contributed by atoms with Crippen LogP contribution < -0.4 is 0 Å². The highest BCUT2D eigenvalue weighted by atomic mass is 32.2. The largest absolute Gasteiger partial charge is 0.139 e. The molecule has 110 heavy (non-hydrogen) atoms. The van der Waals surface area contributed by atoms with Gasteiger partial charge in [-0.1, -0.05) is 105 Å². The number of unbranched alkanes of at least 4 members (excludes halogenated alkanes) is 12. The third-order valence-electron chi connectivity index (χ3n) is 21.2. The van der Waals surface area contributed by atoms with Crippen molar-refractivity contribution in [2.24, 2.45) is 0 Å². The van der Waals surface area contributed by atoms with Gasteiger partial charge in [0.15, 0.2) is 0 Å². The SMILES string of the molecule is CCCCCCc1ccc(-c2ccc(-c3ccc(-c4cc5c6cc(-c7ccc(-c8ccc(-c9ccc(CCCCCC)s9)s8)s7)sc6c6cc7c(cc6c5s4)c4sc(-c5ccc(-c6ccc(-c8ccc(CCCCCC)s8)s6)s5)cc4c4cc(-c5ccc(-c6ccc(-c8ccc(CCCCCC)s8)s6)s5)sc47)s3)s2)s1. The zero-order chi connectivity index (χ0) is 73.8. The van der Waals surface area contributed by atoms with E-state index in [1.165, 1.54) is 327 Å². The highest BCUT2D eigenvalue weighted by molar-refractivity contribution is 7.34. The Labute approximate surface area is 709 Å². The highest BCUT2D eigenvalue weighted by Crippen LogP contribution is 2.56. The number of benzene rings is 3. The Hall–Kier alpha value is -5.58. The number of aryl methyl sites for hydroxylation is 4. The van der Waals surface area contributed by atoms with Crippen molar-refractivity contribution in [2.45, 2.75) is 156 Å². The van der Waals surface area contributed by atoms with Crippen LogP contribution in [0.5, 0.6) is 0 Å². The third-order valence-corrected chi connectivity index (χ3v) is 41.4. The highest BCUT2D eigenvalue weighted by Gasteiger charge is 2.25. The minimum atomic E-state index is 1.19. The van der Waals surface area contributed by atoms with Gasteiger partial charge >= 0.3 is 0 Å². The zero-order valence-corrected chi connectivity index (χ0v) is 75.1. The molecule has 0 unspecified atom stereocenters. The number of hydrogen-bond donors (Lipinski definition) is 0. The van der Waals surface area contributed by atoms with Crippen LogP contribution in [0.25, 0.3) is 179 Å². The van der Waals surface area contributed by atoms with Crippen molar-refractivity contribution in [3.63, 3.8) is 0 Å². The van der Waals surface area contributed by atoms with Crippen LogP contribution in [-0.4, -0.2) is 0 Å². The molecule has 19 rings (SSSR count). The summed E-state index contributed by atoms with van der Waals surface area (Å²) in [5.41, 5.74) is 0. The van der Waals surface area contributed by atoms with Gasteiger partial charge in [0.1, 0.15) is 0 Å². The van der Waals surface area contributed by atoms with Crippen molar-refractivity contribution in [1.82, 2.24) is 0 Å². The monoisotopic (exact) mass is 1720 g/mol. The number of rotatable bonds is 32. The molecule has 0 amide bonds. The number of thiophene rings is 16. The average molecular weight is 1720 g/mol. The van der Waals surface area contributed by atoms with Crippen LogP contribution in [0, 0.1) is 0 Å². The summed E-state index contributed by atoms with van der Waals surface area (Å²) in [6.45, 7) is 9.20. The second-order valence-corrected chi connectivity index (χ2v) is 46.5. The van der Waals surface area contributed by atoms with Gasteiger partial charge in [0.05, 0.1) is 0 Å². The average Bonchev–Trinajstić information content (AvgIpc) is 1.53. The Morgan fingerprint density at radius 1 is 0.145 bits per heavy atom. The first-order valence-corrected chi connectivity index (χ1v) is 52.2. The van der Waals surface area contributed by atoms with E-state index in [-0.39, 0.29) is 0 Å². The predicted octanol–water partition coefficient (Wildman–Crippen LogP) is 38.1. The molecule has 0 nitrogen and oxygen atoms in total. The van der Waals surface area contributed by atoms with Gasteiger partial charge < -0.3 is 0 Å². The summed E-state index contributed by atoms with van der Waals surface area (Å²) in [6, 6.07) is 72.6. The molecule has 0 aliphatic carbocycles. The van der Waals surface area contributed by atoms with Crippen LogP contribution in [0.3, 0.4) is 0 Å². The van der Waals surface area contributed by atoms with Gasteiger partial charge in [0, 0.05) is 198 Å². The molecule has 0 fully saturated rings. The Morgan fingerprint density at radius 2 is 0.300 bits per heavy atom. The maximum absolute atomic E-state index is 2.65. The lowest BCUT2D eigenvalue weighted by Crippen LogP contribution is -1.80. The van der Waals surface area contributed by atoms with E-state index >= 15 is 0 Å². The lowest BCUT2D eigenvalue weighted by Gasteiger charge is -2.08. The van der Waals surface area contributed by atoms with Crippen molar-refractivity contribution in [3.8, 4) is 117 Å². The summed E-state index contributed by atoms with van der Waals surface area (Å²) in [6.07, 6.45) is 25.6. The molecule has 0 radical (unpaired) electrons. The van der Waals surface area contributed by atoms with Crippen molar-refractivity contribution in [1.29, 1.82) is 0 Å². The van der Waals surface area contributed by atoms with Crippen LogP contribution in [0.2, 0.25) is 0 Å². The molecule has 554 valence electrons. The first-order valence-electron chi connectivity index (χ1n) is 39.2. The fourth-order valence-electron chi connectivity index (χ4n) is 15.3. The van der Waals surface area contributed by atoms with Gasteiger partial charge in [-0.25, -0.2) is 0 Å². The normalized spacial score (nSPS) is 12.2. The Bertz CT molecular complexity index is 5640. The van der Waals surface area contributed by atoms with Crippen LogP contribution in [-0.2, 0) is 25.7 Å². The van der Waals surface area contributed by atoms with Gasteiger partial charge in [-0.3, -0.25) is 0 Å². The molecule has 0 spiro atoms. The quantitative estimate of drug-likeness (QED) is 0.0291. The maximum Gasteiger partial charge on any atom is 0.0455 e. The van der Waals surface area contributed by atoms with E-state index in [4.69, 9.17) is 0 Å². The first-order chi connectivity index (χ1) is 54.2. The molecule has 0 saturated heterocycles. The van der Waals surface area contributed by atoms with Crippen LogP contribution in [0.1, 0.15) is 150 Å². The van der Waals surface area contributed by atoms with Gasteiger partial charge in [0.2, 0.25) is 0 Å². The van der Waals surface area contributed by atoms with Crippen molar-refractivity contribution in [2.75, 3.05) is 0 Å². The molecule has 0 atom stereocenters. The van der Waals surface area contributed by atoms with E-state index in [1.54, 1.807) is 0 Å². The third kappa shape index (κ3) is 15.3. The Morgan fingerprint density at radius 3 is 0.482 bits per heavy atom. The molecular weight excluding hydrogens is 1640 g/mol. The van der Waals surface area contributed by atoms with Crippen LogP contribution in [0.15, 0.2) is 182 Å². The van der Waals surface area contributed by atoms with E-state index in [2.05, 4.69) is 210 Å². The van der Waals surface area contributed by atoms with E-state index in [1.807, 2.05) is 181 Å². The van der Waals surface area contributed by atoms with E-state index in [9.17, 15) is 0 Å². The molecule has 0 bridgehead atoms. The number of fused-ring (bicyclic) bond motifs is 12. The molecular formula is C94H82S16. The molecule has 16 aromatic heterocycles. The molecule has 16 heteroatoms. The topological polar surface area (TPSA) is 0 Å². The zero-order valence-electron chi connectivity index (χ0n) is 62.0. The van der Waals surface area contributed by atoms with Gasteiger partial charge in [-0.2, -0.15) is 0 Å². The Balaban J connectivity index is 0.722. The van der Waals surface area contributed by atoms with Crippen LogP contribution in [0.4, 0.5) is 0 Å². The molecule has 0 saturated carbocycles. The predicted molar refractivity (Wildman–Crippen MR) is 514 cm³/mol. The Kier molecular flexibility index (Phi) is 22.6. The van der Waals surface area contributed by atoms with Gasteiger partial charge in [-0.05, 0) is 233 Å². The lowest BCUT2D eigenvalue weighted by molar-refractivity contribution is 0.670. The lowest BCUT2D eigenvalue weighted by atomic mass is 9.98. The van der Waals surface area contributed by atoms with Crippen molar-refractivity contribution >= 4 is 243 Å². The maximum atomic E-state index is 2.65. The summed E-state index contributed by atoms with van der Waals surface area (Å²) in [4.78, 5) is 38.7. The van der Waals surface area contributed by atoms with Gasteiger partial charge in [0.25, 0.3) is 0 Å². The van der Waals surface area contributed by atoms with E-state index in [0.29, 0.717) is 0 Å². The van der Waals surface area contributed by atoms with Crippen molar-refractivity contribution < 1.29 is 0 Å². The standard InChI is InChI=1S/C94H82S16/c1-5-9-13-17-21-55-25-29-67(95-55)71-33-37-75(99-71)79-41-45-83(103-79)87-51-63-64-52-88(84-46-42-80(104-84)76-38-34-72(100-76)68-30-26-56(96-68)22-18-14-10-6-2)108-92(64)60-50-62-61(49-59(60)91(63)107-87)93-65(53-89(109-93)85-47-43-81(105-85)77-39-35-73(101-77)69-31-27-57(97-69)23-19-15-11-7-3)66-54-90(110-94(62)66)86-48-44-82(106-86)78-40-36-74(102-78)70-32-28-58(98-70)24-20-16-12-8-4/h25-54H,5-24H2,1-4H3. The summed E-state index contributed by atoms with van der Waals surface area (Å²) < 4.78 is 5.52. The molecule has 0 aliphatic rings. The number of hydrogen-bond acceptors (Lipinski definition) is 16. The molecule has 16 heterocycles. The summed E-state index contributed by atoms with van der Waals surface area (Å²) in [7, 11) is 0. The fourth-order valence-corrected chi connectivity index (χ4v) is 33.4. The molecule has 19 aromatic rings. The minimum Gasteiger partial charge on any atom is -0.139 e. The molecule has 3 aromatic carbocycles. The van der Waals surface area contributed by atoms with E-state index < -0.39 is 0 Å². The molecule has 0 N–H and O–H groups in total. The fraction of sp³-hybridized carbons (Fsp3) is 0.255. The second-order valence-electron chi connectivity index (χ2n) is 29.0. The van der Waals surface area contributed by atoms with Crippen molar-refractivity contribution in [3.05, 3.63) is 201 Å². The first kappa shape index (κ1) is 74.5. The van der Waals surface area contributed by atoms with E-state index in [0.717, 1.165) is 0 Å². The smallest absolute Gasteiger partial charge is 0.0455 e. The minimum absolute atomic E-state index is 1.19. The summed E-state index contributed by atoms with van der Waals surface area (Å²) in [5, 5.41) is 10.9.